The Morgan fingerprint density at radius 1 is 1.07 bits per heavy atom. The summed E-state index contributed by atoms with van der Waals surface area (Å²) in [5.74, 6) is -0.0760. The van der Waals surface area contributed by atoms with Crippen molar-refractivity contribution in [2.75, 3.05) is 17.7 Å². The number of aryl methyl sites for hydroxylation is 1. The monoisotopic (exact) mass is 397 g/mol. The number of esters is 1. The second kappa shape index (κ2) is 9.18. The van der Waals surface area contributed by atoms with E-state index in [-0.39, 0.29) is 11.7 Å². The maximum absolute atomic E-state index is 12.1. The second-order valence-corrected chi connectivity index (χ2v) is 6.80. The molecule has 0 fully saturated rings. The van der Waals surface area contributed by atoms with E-state index < -0.39 is 5.97 Å². The molecule has 144 valence electrons. The van der Waals surface area contributed by atoms with Crippen molar-refractivity contribution in [1.29, 1.82) is 0 Å². The molecule has 3 rings (SSSR count). The number of hydrogen-bond acceptors (Lipinski definition) is 7. The third-order valence-electron chi connectivity index (χ3n) is 3.71. The summed E-state index contributed by atoms with van der Waals surface area (Å²) >= 11 is 1.15. The number of benzene rings is 2. The summed E-state index contributed by atoms with van der Waals surface area (Å²) in [6.45, 7) is 4.06. The summed E-state index contributed by atoms with van der Waals surface area (Å²) in [4.78, 5) is 23.7. The van der Waals surface area contributed by atoms with E-state index in [1.165, 1.54) is 0 Å². The zero-order chi connectivity index (χ0) is 19.9. The van der Waals surface area contributed by atoms with Crippen molar-refractivity contribution in [1.82, 2.24) is 10.2 Å². The summed E-state index contributed by atoms with van der Waals surface area (Å²) in [5.41, 5.74) is 2.99. The van der Waals surface area contributed by atoms with Gasteiger partial charge in [-0.25, -0.2) is 4.79 Å². The Morgan fingerprint density at radius 3 is 2.46 bits per heavy atom. The topological polar surface area (TPSA) is 94.3 Å². The molecule has 8 heteroatoms. The van der Waals surface area contributed by atoms with Crippen LogP contribution in [0.4, 0.5) is 5.69 Å². The smallest absolute Gasteiger partial charge is 0.338 e. The fraction of sp³-hybridized carbons (Fsp3) is 0.200. The second-order valence-electron chi connectivity index (χ2n) is 5.87. The first kappa shape index (κ1) is 19.6. The maximum Gasteiger partial charge on any atom is 0.338 e. The Morgan fingerprint density at radius 2 is 1.79 bits per heavy atom. The van der Waals surface area contributed by atoms with Gasteiger partial charge < -0.3 is 14.5 Å². The molecule has 1 heterocycles. The molecule has 0 aliphatic heterocycles. The van der Waals surface area contributed by atoms with Crippen molar-refractivity contribution in [3.63, 3.8) is 0 Å². The summed E-state index contributed by atoms with van der Waals surface area (Å²) < 4.78 is 10.5. The third-order valence-corrected chi connectivity index (χ3v) is 4.53. The van der Waals surface area contributed by atoms with Crippen LogP contribution < -0.4 is 5.32 Å². The average molecular weight is 397 g/mol. The fourth-order valence-electron chi connectivity index (χ4n) is 2.31. The molecule has 0 saturated heterocycles. The zero-order valence-electron chi connectivity index (χ0n) is 15.5. The highest BCUT2D eigenvalue weighted by atomic mass is 32.2. The van der Waals surface area contributed by atoms with E-state index in [0.29, 0.717) is 29.0 Å². The number of aromatic nitrogens is 2. The molecule has 2 aromatic carbocycles. The quantitative estimate of drug-likeness (QED) is 0.476. The fourth-order valence-corrected chi connectivity index (χ4v) is 2.87. The number of amides is 1. The van der Waals surface area contributed by atoms with Crippen molar-refractivity contribution in [3.8, 4) is 11.5 Å². The first-order chi connectivity index (χ1) is 13.5. The van der Waals surface area contributed by atoms with Gasteiger partial charge in [-0.1, -0.05) is 29.5 Å². The van der Waals surface area contributed by atoms with E-state index >= 15 is 0 Å². The molecule has 1 aromatic heterocycles. The Hall–Kier alpha value is -3.13. The van der Waals surface area contributed by atoms with Crippen LogP contribution in [0.15, 0.2) is 58.2 Å². The van der Waals surface area contributed by atoms with Gasteiger partial charge in [-0.05, 0) is 50.2 Å². The van der Waals surface area contributed by atoms with Crippen LogP contribution >= 0.6 is 11.8 Å². The Bertz CT molecular complexity index is 952. The van der Waals surface area contributed by atoms with Gasteiger partial charge in [0.05, 0.1) is 17.9 Å². The van der Waals surface area contributed by atoms with Gasteiger partial charge in [-0.2, -0.15) is 0 Å². The highest BCUT2D eigenvalue weighted by Crippen LogP contribution is 2.23. The maximum atomic E-state index is 12.1. The molecule has 7 nitrogen and oxygen atoms in total. The lowest BCUT2D eigenvalue weighted by Crippen LogP contribution is -2.14. The summed E-state index contributed by atoms with van der Waals surface area (Å²) in [6.07, 6.45) is 0. The minimum absolute atomic E-state index is 0.120. The normalized spacial score (nSPS) is 10.5. The van der Waals surface area contributed by atoms with Crippen molar-refractivity contribution >= 4 is 29.3 Å². The summed E-state index contributed by atoms with van der Waals surface area (Å²) in [5, 5.41) is 11.0. The Balaban J connectivity index is 1.52. The SMILES string of the molecule is CCOC(=O)c1ccc(NC(=O)CSc2nnc(-c3ccc(C)cc3)o2)cc1. The number of hydrogen-bond donors (Lipinski definition) is 1. The van der Waals surface area contributed by atoms with Gasteiger partial charge in [0.2, 0.25) is 11.8 Å². The van der Waals surface area contributed by atoms with Crippen LogP contribution in [0, 0.1) is 6.92 Å². The van der Waals surface area contributed by atoms with Crippen LogP contribution in [0.3, 0.4) is 0 Å². The molecular formula is C20H19N3O4S. The lowest BCUT2D eigenvalue weighted by molar-refractivity contribution is -0.113. The highest BCUT2D eigenvalue weighted by Gasteiger charge is 2.12. The van der Waals surface area contributed by atoms with E-state index in [0.717, 1.165) is 22.9 Å². The number of ether oxygens (including phenoxy) is 1. The van der Waals surface area contributed by atoms with Gasteiger partial charge in [0.25, 0.3) is 5.22 Å². The molecule has 1 N–H and O–H groups in total. The number of carbonyl (C=O) groups is 2. The van der Waals surface area contributed by atoms with Crippen molar-refractivity contribution in [2.24, 2.45) is 0 Å². The van der Waals surface area contributed by atoms with Gasteiger partial charge >= 0.3 is 5.97 Å². The van der Waals surface area contributed by atoms with E-state index in [1.54, 1.807) is 31.2 Å². The van der Waals surface area contributed by atoms with Crippen LogP contribution in [-0.2, 0) is 9.53 Å². The minimum Gasteiger partial charge on any atom is -0.462 e. The molecule has 1 amide bonds. The minimum atomic E-state index is -0.392. The molecule has 0 bridgehead atoms. The average Bonchev–Trinajstić information content (AvgIpc) is 3.17. The first-order valence-corrected chi connectivity index (χ1v) is 9.64. The predicted molar refractivity (Wildman–Crippen MR) is 106 cm³/mol. The van der Waals surface area contributed by atoms with Gasteiger partial charge in [0.15, 0.2) is 0 Å². The van der Waals surface area contributed by atoms with Crippen molar-refractivity contribution < 1.29 is 18.7 Å². The Labute approximate surface area is 166 Å². The number of carbonyl (C=O) groups excluding carboxylic acids is 2. The molecule has 0 radical (unpaired) electrons. The standard InChI is InChI=1S/C20H19N3O4S/c1-3-26-19(25)15-8-10-16(11-9-15)21-17(24)12-28-20-23-22-18(27-20)14-6-4-13(2)5-7-14/h4-11H,3,12H2,1-2H3,(H,21,24). The molecular weight excluding hydrogens is 378 g/mol. The van der Waals surface area contributed by atoms with Gasteiger partial charge in [0, 0.05) is 11.3 Å². The van der Waals surface area contributed by atoms with E-state index in [9.17, 15) is 9.59 Å². The first-order valence-electron chi connectivity index (χ1n) is 8.65. The van der Waals surface area contributed by atoms with Crippen LogP contribution in [0.2, 0.25) is 0 Å². The van der Waals surface area contributed by atoms with Crippen LogP contribution in [0.25, 0.3) is 11.5 Å². The van der Waals surface area contributed by atoms with E-state index in [4.69, 9.17) is 9.15 Å². The van der Waals surface area contributed by atoms with Crippen molar-refractivity contribution in [2.45, 2.75) is 19.1 Å². The number of nitrogens with zero attached hydrogens (tertiary/aromatic N) is 2. The third kappa shape index (κ3) is 5.20. The van der Waals surface area contributed by atoms with E-state index in [1.807, 2.05) is 31.2 Å². The molecule has 0 unspecified atom stereocenters. The molecule has 28 heavy (non-hydrogen) atoms. The largest absolute Gasteiger partial charge is 0.462 e. The molecule has 0 saturated carbocycles. The molecule has 0 aliphatic carbocycles. The molecule has 3 aromatic rings. The molecule has 0 spiro atoms. The van der Waals surface area contributed by atoms with Gasteiger partial charge in [-0.15, -0.1) is 10.2 Å². The summed E-state index contributed by atoms with van der Waals surface area (Å²) in [6, 6.07) is 14.3. The van der Waals surface area contributed by atoms with Crippen molar-refractivity contribution in [3.05, 3.63) is 59.7 Å². The summed E-state index contributed by atoms with van der Waals surface area (Å²) in [7, 11) is 0. The predicted octanol–water partition coefficient (Wildman–Crippen LogP) is 3.95. The number of anilines is 1. The zero-order valence-corrected chi connectivity index (χ0v) is 16.3. The molecule has 0 atom stereocenters. The van der Waals surface area contributed by atoms with Crippen LogP contribution in [0.1, 0.15) is 22.8 Å². The van der Waals surface area contributed by atoms with Gasteiger partial charge in [-0.3, -0.25) is 4.79 Å². The van der Waals surface area contributed by atoms with Crippen LogP contribution in [0.5, 0.6) is 0 Å². The van der Waals surface area contributed by atoms with Crippen LogP contribution in [-0.4, -0.2) is 34.4 Å². The lowest BCUT2D eigenvalue weighted by Gasteiger charge is -2.05. The number of rotatable bonds is 7. The van der Waals surface area contributed by atoms with E-state index in [2.05, 4.69) is 15.5 Å². The lowest BCUT2D eigenvalue weighted by atomic mass is 10.1. The Kier molecular flexibility index (Phi) is 6.44. The molecule has 0 aliphatic rings. The van der Waals surface area contributed by atoms with Gasteiger partial charge in [0.1, 0.15) is 0 Å². The number of thioether (sulfide) groups is 1. The highest BCUT2D eigenvalue weighted by molar-refractivity contribution is 7.99. The number of nitrogens with one attached hydrogen (secondary N) is 1.